The molecule has 4 saturated carbocycles. The first-order valence-corrected chi connectivity index (χ1v) is 21.1. The van der Waals surface area contributed by atoms with Crippen molar-refractivity contribution >= 4 is 0 Å². The highest BCUT2D eigenvalue weighted by Gasteiger charge is 2.46. The molecule has 0 spiro atoms. The molecule has 282 valence electrons. The van der Waals surface area contributed by atoms with Gasteiger partial charge in [0.15, 0.2) is 17.5 Å². The summed E-state index contributed by atoms with van der Waals surface area (Å²) in [5.74, 6) is 6.62. The average Bonchev–Trinajstić information content (AvgIpc) is 3.19. The molecule has 4 unspecified atom stereocenters. The van der Waals surface area contributed by atoms with Gasteiger partial charge in [0.2, 0.25) is 0 Å². The Morgan fingerprint density at radius 1 is 0.446 bits per heavy atom. The molecule has 0 saturated heterocycles. The number of rotatable bonds is 6. The van der Waals surface area contributed by atoms with E-state index < -0.39 is 0 Å². The molecule has 5 nitrogen and oxygen atoms in total. The van der Waals surface area contributed by atoms with E-state index in [-0.39, 0.29) is 10.8 Å². The van der Waals surface area contributed by atoms with Crippen LogP contribution in [-0.2, 0) is 10.8 Å². The van der Waals surface area contributed by atoms with E-state index in [4.69, 9.17) is 15.0 Å². The van der Waals surface area contributed by atoms with Gasteiger partial charge in [-0.2, -0.15) is 10.5 Å². The zero-order valence-corrected chi connectivity index (χ0v) is 33.4. The maximum atomic E-state index is 9.67. The molecule has 0 radical (unpaired) electrons. The molecule has 4 aliphatic rings. The van der Waals surface area contributed by atoms with Crippen molar-refractivity contribution in [3.63, 3.8) is 0 Å². The van der Waals surface area contributed by atoms with Crippen LogP contribution in [0.2, 0.25) is 0 Å². The Bertz CT molecular complexity index is 2170. The number of fused-ring (bicyclic) bond motifs is 4. The molecule has 9 rings (SSSR count). The molecule has 4 aliphatic carbocycles. The third kappa shape index (κ3) is 6.96. The molecule has 4 aromatic carbocycles. The first kappa shape index (κ1) is 36.5. The van der Waals surface area contributed by atoms with E-state index >= 15 is 0 Å². The van der Waals surface area contributed by atoms with E-state index in [0.29, 0.717) is 28.6 Å². The van der Waals surface area contributed by atoms with Crippen LogP contribution in [-0.4, -0.2) is 15.0 Å². The molecular weight excluding hydrogens is 683 g/mol. The van der Waals surface area contributed by atoms with Crippen LogP contribution in [0.25, 0.3) is 45.3 Å². The second-order valence-corrected chi connectivity index (χ2v) is 18.9. The lowest BCUT2D eigenvalue weighted by atomic mass is 9.54. The van der Waals surface area contributed by atoms with Gasteiger partial charge in [0.25, 0.3) is 0 Å². The van der Waals surface area contributed by atoms with Crippen LogP contribution in [0.15, 0.2) is 91.0 Å². The SMILES string of the molecule is C[C@@H]1CC2C[C@H](C)CC(c3ccc(-c4nc(-c5ccc(C67CC(C[C@@H](C)C6)C[C@H](C)C7)cc5)nc(-c5cccc(-c6cc(C#N)cc(C#N)c6)c5)n4)cc3)(C2)C1. The van der Waals surface area contributed by atoms with Crippen molar-refractivity contribution in [3.05, 3.63) is 113 Å². The summed E-state index contributed by atoms with van der Waals surface area (Å²) in [6.07, 6.45) is 13.2. The molecule has 56 heavy (non-hydrogen) atoms. The van der Waals surface area contributed by atoms with Gasteiger partial charge in [0.1, 0.15) is 0 Å². The minimum atomic E-state index is 0.260. The fraction of sp³-hybridized carbons (Fsp3) is 0.431. The van der Waals surface area contributed by atoms with Gasteiger partial charge >= 0.3 is 0 Å². The minimum Gasteiger partial charge on any atom is -0.208 e. The lowest BCUT2D eigenvalue weighted by molar-refractivity contribution is 0.0779. The summed E-state index contributed by atoms with van der Waals surface area (Å²) in [5, 5.41) is 19.3. The van der Waals surface area contributed by atoms with E-state index in [1.54, 1.807) is 6.07 Å². The molecule has 1 aromatic heterocycles. The average molecular weight is 736 g/mol. The van der Waals surface area contributed by atoms with Crippen LogP contribution < -0.4 is 0 Å². The van der Waals surface area contributed by atoms with Crippen molar-refractivity contribution < 1.29 is 0 Å². The standard InChI is InChI=1S/C51H53N5/c1-32-16-36-17-33(2)25-50(24-32,28-36)45-12-8-40(9-13-45)47-54-48(41-10-14-46(15-11-41)51-26-34(3)18-37(29-51)19-35(4)27-51)56-49(55-47)43-7-5-6-42(23-43)44-21-38(30-52)20-39(22-44)31-53/h5-15,20-23,32-37H,16-19,24-29H2,1-4H3/t32-,33+,34-,35+,36?,37?,50?,51?. The monoisotopic (exact) mass is 735 g/mol. The lowest BCUT2D eigenvalue weighted by Crippen LogP contribution is -2.42. The Morgan fingerprint density at radius 2 is 0.839 bits per heavy atom. The van der Waals surface area contributed by atoms with E-state index in [9.17, 15) is 10.5 Å². The second-order valence-electron chi connectivity index (χ2n) is 18.9. The summed E-state index contributed by atoms with van der Waals surface area (Å²) in [4.78, 5) is 15.5. The molecule has 0 aliphatic heterocycles. The first-order valence-electron chi connectivity index (χ1n) is 21.1. The van der Waals surface area contributed by atoms with Gasteiger partial charge in [-0.25, -0.2) is 15.0 Å². The van der Waals surface area contributed by atoms with E-state index in [2.05, 4.69) is 94.4 Å². The van der Waals surface area contributed by atoms with Crippen LogP contribution >= 0.6 is 0 Å². The molecule has 1 heterocycles. The Hall–Kier alpha value is -5.13. The molecular formula is C51H53N5. The summed E-state index contributed by atoms with van der Waals surface area (Å²) in [6.45, 7) is 9.80. The number of benzene rings is 4. The fourth-order valence-electron chi connectivity index (χ4n) is 12.6. The van der Waals surface area contributed by atoms with Gasteiger partial charge in [-0.3, -0.25) is 0 Å². The van der Waals surface area contributed by atoms with Crippen LogP contribution in [0.5, 0.6) is 0 Å². The molecule has 8 atom stereocenters. The van der Waals surface area contributed by atoms with Gasteiger partial charge < -0.3 is 0 Å². The molecule has 5 aromatic rings. The maximum absolute atomic E-state index is 9.67. The number of hydrogen-bond acceptors (Lipinski definition) is 5. The van der Waals surface area contributed by atoms with E-state index in [1.807, 2.05) is 30.3 Å². The Morgan fingerprint density at radius 3 is 1.25 bits per heavy atom. The molecule has 4 bridgehead atoms. The van der Waals surface area contributed by atoms with Crippen LogP contribution in [0.4, 0.5) is 0 Å². The summed E-state index contributed by atoms with van der Waals surface area (Å²) < 4.78 is 0. The van der Waals surface area contributed by atoms with Gasteiger partial charge in [0, 0.05) is 16.7 Å². The van der Waals surface area contributed by atoms with Crippen LogP contribution in [0.3, 0.4) is 0 Å². The van der Waals surface area contributed by atoms with Crippen molar-refractivity contribution in [3.8, 4) is 57.4 Å². The highest BCUT2D eigenvalue weighted by atomic mass is 15.0. The minimum absolute atomic E-state index is 0.260. The maximum Gasteiger partial charge on any atom is 0.164 e. The highest BCUT2D eigenvalue weighted by molar-refractivity contribution is 5.74. The molecule has 0 N–H and O–H groups in total. The zero-order valence-electron chi connectivity index (χ0n) is 33.4. The fourth-order valence-corrected chi connectivity index (χ4v) is 12.6. The van der Waals surface area contributed by atoms with Crippen LogP contribution in [0.1, 0.15) is 114 Å². The summed E-state index contributed by atoms with van der Waals surface area (Å²) in [7, 11) is 0. The van der Waals surface area contributed by atoms with Crippen molar-refractivity contribution in [2.45, 2.75) is 103 Å². The number of aromatic nitrogens is 3. The zero-order chi connectivity index (χ0) is 38.6. The number of nitriles is 2. The third-order valence-corrected chi connectivity index (χ3v) is 14.1. The largest absolute Gasteiger partial charge is 0.208 e. The summed E-state index contributed by atoms with van der Waals surface area (Å²) in [5.41, 5.74) is 8.93. The normalized spacial score (nSPS) is 29.5. The van der Waals surface area contributed by atoms with E-state index in [1.165, 1.54) is 75.3 Å². The predicted molar refractivity (Wildman–Crippen MR) is 224 cm³/mol. The molecule has 4 fully saturated rings. The Balaban J connectivity index is 1.11. The predicted octanol–water partition coefficient (Wildman–Crippen LogP) is 12.5. The van der Waals surface area contributed by atoms with Gasteiger partial charge in [-0.1, -0.05) is 94.4 Å². The number of nitrogens with zero attached hydrogens (tertiary/aromatic N) is 5. The highest BCUT2D eigenvalue weighted by Crippen LogP contribution is 2.55. The topological polar surface area (TPSA) is 86.2 Å². The van der Waals surface area contributed by atoms with Gasteiger partial charge in [-0.05, 0) is 157 Å². The Labute approximate surface area is 333 Å². The number of hydrogen-bond donors (Lipinski definition) is 0. The first-order chi connectivity index (χ1) is 27.1. The third-order valence-electron chi connectivity index (χ3n) is 14.1. The van der Waals surface area contributed by atoms with Crippen molar-refractivity contribution in [1.82, 2.24) is 15.0 Å². The van der Waals surface area contributed by atoms with Crippen molar-refractivity contribution in [1.29, 1.82) is 10.5 Å². The lowest BCUT2D eigenvalue weighted by Gasteiger charge is -2.50. The van der Waals surface area contributed by atoms with Crippen molar-refractivity contribution in [2.24, 2.45) is 35.5 Å². The van der Waals surface area contributed by atoms with Gasteiger partial charge in [-0.15, -0.1) is 0 Å². The summed E-state index contributed by atoms with van der Waals surface area (Å²) >= 11 is 0. The molecule has 5 heteroatoms. The second kappa shape index (κ2) is 14.4. The summed E-state index contributed by atoms with van der Waals surface area (Å²) in [6, 6.07) is 36.2. The molecule has 0 amide bonds. The van der Waals surface area contributed by atoms with Crippen LogP contribution in [0, 0.1) is 58.2 Å². The van der Waals surface area contributed by atoms with E-state index in [0.717, 1.165) is 63.3 Å². The van der Waals surface area contributed by atoms with Crippen molar-refractivity contribution in [2.75, 3.05) is 0 Å². The van der Waals surface area contributed by atoms with Gasteiger partial charge in [0.05, 0.1) is 23.3 Å². The quantitative estimate of drug-likeness (QED) is 0.173. The Kier molecular flexibility index (Phi) is 9.40. The smallest absolute Gasteiger partial charge is 0.164 e.